The normalized spacial score (nSPS) is 22.7. The van der Waals surface area contributed by atoms with Crippen molar-refractivity contribution >= 4 is 21.7 Å². The van der Waals surface area contributed by atoms with Crippen LogP contribution in [-0.4, -0.2) is 69.0 Å². The number of nitrogens with zero attached hydrogens (tertiary/aromatic N) is 3. The summed E-state index contributed by atoms with van der Waals surface area (Å²) in [6.07, 6.45) is 11.8. The number of carbonyl (C=O) groups excluding carboxylic acids is 1. The Bertz CT molecular complexity index is 864. The summed E-state index contributed by atoms with van der Waals surface area (Å²) >= 11 is 0. The van der Waals surface area contributed by atoms with E-state index < -0.39 is 10.0 Å². The van der Waals surface area contributed by atoms with Gasteiger partial charge in [0.25, 0.3) is 0 Å². The molecular formula is C26H46N4O4S. The number of piperidine rings is 1. The molecule has 35 heavy (non-hydrogen) atoms. The topological polar surface area (TPSA) is 91.8 Å². The van der Waals surface area contributed by atoms with E-state index >= 15 is 0 Å². The highest BCUT2D eigenvalue weighted by Gasteiger charge is 2.34. The zero-order valence-corrected chi connectivity index (χ0v) is 20.4. The molecule has 1 N–H and O–H groups in total. The van der Waals surface area contributed by atoms with Crippen molar-refractivity contribution in [2.45, 2.75) is 90.0 Å². The van der Waals surface area contributed by atoms with Gasteiger partial charge in [0.2, 0.25) is 15.9 Å². The lowest BCUT2D eigenvalue weighted by atomic mass is 9.90. The van der Waals surface area contributed by atoms with Gasteiger partial charge in [0.1, 0.15) is 10.7 Å². The number of hydrogen-bond acceptors (Lipinski definition) is 6. The molecule has 1 aromatic rings. The molecule has 0 bridgehead atoms. The van der Waals surface area contributed by atoms with Gasteiger partial charge in [-0.3, -0.25) is 4.79 Å². The average Bonchev–Trinajstić information content (AvgIpc) is 2.83. The molecule has 200 valence electrons. The van der Waals surface area contributed by atoms with Crippen molar-refractivity contribution in [3.8, 4) is 0 Å². The molecule has 1 saturated carbocycles. The Kier molecular flexibility index (Phi) is 11.9. The van der Waals surface area contributed by atoms with Crippen LogP contribution in [0.15, 0.2) is 23.2 Å². The number of carbonyl (C=O) groups is 1. The second-order valence-electron chi connectivity index (χ2n) is 9.50. The summed E-state index contributed by atoms with van der Waals surface area (Å²) in [5.41, 5.74) is 0. The molecule has 9 heteroatoms. The SMILES string of the molecule is C.C.O=C(NCC1CCCCN1S(=O)(=O)c1ccc(N2CCOCC2)nc1)C1CCCCCCC1. The van der Waals surface area contributed by atoms with Gasteiger partial charge < -0.3 is 15.0 Å². The smallest absolute Gasteiger partial charge is 0.244 e. The molecule has 1 aromatic heterocycles. The Labute approximate surface area is 212 Å². The maximum absolute atomic E-state index is 13.5. The molecule has 8 nitrogen and oxygen atoms in total. The van der Waals surface area contributed by atoms with Crippen molar-refractivity contribution in [3.63, 3.8) is 0 Å². The van der Waals surface area contributed by atoms with Crippen LogP contribution in [0.2, 0.25) is 0 Å². The van der Waals surface area contributed by atoms with E-state index in [4.69, 9.17) is 4.74 Å². The lowest BCUT2D eigenvalue weighted by Gasteiger charge is -2.35. The third kappa shape index (κ3) is 7.64. The van der Waals surface area contributed by atoms with E-state index in [1.54, 1.807) is 16.4 Å². The standard InChI is InChI=1S/C24H38N4O4S.2CH4/c29-24(20-8-4-2-1-3-5-9-20)26-18-21-10-6-7-13-28(21)33(30,31)22-11-12-23(25-19-22)27-14-16-32-17-15-27;;/h11-12,19-21H,1-10,13-18H2,(H,26,29);2*1H4. The van der Waals surface area contributed by atoms with E-state index in [9.17, 15) is 13.2 Å². The fraction of sp³-hybridized carbons (Fsp3) is 0.769. The van der Waals surface area contributed by atoms with Crippen LogP contribution in [0.1, 0.15) is 79.1 Å². The summed E-state index contributed by atoms with van der Waals surface area (Å²) in [7, 11) is -3.67. The third-order valence-electron chi connectivity index (χ3n) is 7.22. The molecule has 3 aliphatic rings. The monoisotopic (exact) mass is 510 g/mol. The third-order valence-corrected chi connectivity index (χ3v) is 9.16. The fourth-order valence-corrected chi connectivity index (χ4v) is 6.85. The van der Waals surface area contributed by atoms with Crippen LogP contribution in [0.5, 0.6) is 0 Å². The van der Waals surface area contributed by atoms with Gasteiger partial charge in [-0.05, 0) is 37.8 Å². The minimum absolute atomic E-state index is 0. The van der Waals surface area contributed by atoms with Gasteiger partial charge in [0.05, 0.1) is 13.2 Å². The van der Waals surface area contributed by atoms with Crippen LogP contribution in [-0.2, 0) is 19.6 Å². The molecule has 3 fully saturated rings. The second-order valence-corrected chi connectivity index (χ2v) is 11.4. The largest absolute Gasteiger partial charge is 0.378 e. The van der Waals surface area contributed by atoms with Crippen LogP contribution in [0.4, 0.5) is 5.82 Å². The van der Waals surface area contributed by atoms with Gasteiger partial charge in [-0.15, -0.1) is 0 Å². The maximum Gasteiger partial charge on any atom is 0.244 e. The van der Waals surface area contributed by atoms with E-state index in [2.05, 4.69) is 15.2 Å². The number of morpholine rings is 1. The molecule has 0 spiro atoms. The molecule has 0 radical (unpaired) electrons. The molecule has 1 aliphatic carbocycles. The first-order chi connectivity index (χ1) is 16.1. The van der Waals surface area contributed by atoms with Gasteiger partial charge in [0.15, 0.2) is 0 Å². The van der Waals surface area contributed by atoms with E-state index in [0.717, 1.165) is 63.9 Å². The Morgan fingerprint density at radius 2 is 1.60 bits per heavy atom. The Morgan fingerprint density at radius 3 is 2.26 bits per heavy atom. The summed E-state index contributed by atoms with van der Waals surface area (Å²) in [6.45, 7) is 3.70. The Hall–Kier alpha value is -1.71. The van der Waals surface area contributed by atoms with Gasteiger partial charge in [-0.1, -0.05) is 53.4 Å². The molecule has 2 aliphatic heterocycles. The zero-order valence-electron chi connectivity index (χ0n) is 19.6. The minimum Gasteiger partial charge on any atom is -0.378 e. The van der Waals surface area contributed by atoms with Crippen molar-refractivity contribution in [3.05, 3.63) is 18.3 Å². The zero-order chi connectivity index (χ0) is 23.1. The average molecular weight is 511 g/mol. The van der Waals surface area contributed by atoms with Gasteiger partial charge in [-0.2, -0.15) is 4.31 Å². The lowest BCUT2D eigenvalue weighted by molar-refractivity contribution is -0.125. The molecule has 1 unspecified atom stereocenters. The van der Waals surface area contributed by atoms with E-state index in [1.807, 2.05) is 0 Å². The number of ether oxygens (including phenoxy) is 1. The highest BCUT2D eigenvalue weighted by atomic mass is 32.2. The lowest BCUT2D eigenvalue weighted by Crippen LogP contribution is -2.50. The number of sulfonamides is 1. The molecule has 4 rings (SSSR count). The van der Waals surface area contributed by atoms with Crippen LogP contribution in [0.3, 0.4) is 0 Å². The molecule has 1 amide bonds. The van der Waals surface area contributed by atoms with Crippen LogP contribution < -0.4 is 10.2 Å². The molecule has 2 saturated heterocycles. The predicted molar refractivity (Wildman–Crippen MR) is 141 cm³/mol. The summed E-state index contributed by atoms with van der Waals surface area (Å²) in [5, 5.41) is 3.10. The minimum atomic E-state index is -3.67. The Balaban J connectivity index is 0.00000216. The first-order valence-electron chi connectivity index (χ1n) is 12.6. The van der Waals surface area contributed by atoms with E-state index in [-0.39, 0.29) is 37.6 Å². The predicted octanol–water partition coefficient (Wildman–Crippen LogP) is 4.21. The summed E-state index contributed by atoms with van der Waals surface area (Å²) in [4.78, 5) is 19.6. The second kappa shape index (κ2) is 14.1. The van der Waals surface area contributed by atoms with Crippen LogP contribution >= 0.6 is 0 Å². The molecule has 1 atom stereocenters. The molecule has 3 heterocycles. The highest BCUT2D eigenvalue weighted by Crippen LogP contribution is 2.27. The molecular weight excluding hydrogens is 464 g/mol. The fourth-order valence-electron chi connectivity index (χ4n) is 5.22. The molecule has 0 aromatic carbocycles. The summed E-state index contributed by atoms with van der Waals surface area (Å²) < 4.78 is 33.9. The van der Waals surface area contributed by atoms with E-state index in [1.165, 1.54) is 25.5 Å². The van der Waals surface area contributed by atoms with Crippen molar-refractivity contribution in [1.29, 1.82) is 0 Å². The number of anilines is 1. The number of aromatic nitrogens is 1. The van der Waals surface area contributed by atoms with Gasteiger partial charge in [-0.25, -0.2) is 13.4 Å². The number of rotatable bonds is 6. The maximum atomic E-state index is 13.5. The number of hydrogen-bond donors (Lipinski definition) is 1. The first kappa shape index (κ1) is 29.5. The van der Waals surface area contributed by atoms with Crippen molar-refractivity contribution in [1.82, 2.24) is 14.6 Å². The summed E-state index contributed by atoms with van der Waals surface area (Å²) in [6, 6.07) is 3.24. The first-order valence-corrected chi connectivity index (χ1v) is 14.1. The van der Waals surface area contributed by atoms with Crippen molar-refractivity contribution < 1.29 is 17.9 Å². The number of pyridine rings is 1. The van der Waals surface area contributed by atoms with Crippen LogP contribution in [0, 0.1) is 5.92 Å². The quantitative estimate of drug-likeness (QED) is 0.616. The van der Waals surface area contributed by atoms with Gasteiger partial charge in [0, 0.05) is 44.3 Å². The number of amides is 1. The van der Waals surface area contributed by atoms with Crippen molar-refractivity contribution in [2.75, 3.05) is 44.3 Å². The van der Waals surface area contributed by atoms with Gasteiger partial charge >= 0.3 is 0 Å². The van der Waals surface area contributed by atoms with Crippen molar-refractivity contribution in [2.24, 2.45) is 5.92 Å². The number of nitrogens with one attached hydrogen (secondary N) is 1. The van der Waals surface area contributed by atoms with Crippen LogP contribution in [0.25, 0.3) is 0 Å². The summed E-state index contributed by atoms with van der Waals surface area (Å²) in [5.74, 6) is 0.936. The Morgan fingerprint density at radius 1 is 0.943 bits per heavy atom. The van der Waals surface area contributed by atoms with E-state index in [0.29, 0.717) is 26.3 Å². The highest BCUT2D eigenvalue weighted by molar-refractivity contribution is 7.89.